The van der Waals surface area contributed by atoms with Gasteiger partial charge in [-0.25, -0.2) is 4.79 Å². The minimum atomic E-state index is -0.931. The number of hydrogen-bond donors (Lipinski definition) is 1. The lowest BCUT2D eigenvalue weighted by Gasteiger charge is -2.22. The molecular formula is C15H24N2O3. The van der Waals surface area contributed by atoms with Gasteiger partial charge in [-0.05, 0) is 39.1 Å². The highest BCUT2D eigenvalue weighted by molar-refractivity contribution is 5.89. The SMILES string of the molecule is CC(C)N(C)CCOc1ccc(C(=O)O)cc1N(C)C. The second-order valence-corrected chi connectivity index (χ2v) is 5.30. The zero-order chi connectivity index (χ0) is 15.3. The van der Waals surface area contributed by atoms with Crippen molar-refractivity contribution in [3.8, 4) is 5.75 Å². The van der Waals surface area contributed by atoms with Gasteiger partial charge in [0.15, 0.2) is 0 Å². The summed E-state index contributed by atoms with van der Waals surface area (Å²) in [6, 6.07) is 5.38. The molecule has 0 aliphatic rings. The fourth-order valence-electron chi connectivity index (χ4n) is 1.68. The fraction of sp³-hybridized carbons (Fsp3) is 0.533. The molecule has 0 heterocycles. The van der Waals surface area contributed by atoms with Crippen LogP contribution in [0.2, 0.25) is 0 Å². The summed E-state index contributed by atoms with van der Waals surface area (Å²) in [7, 11) is 5.79. The van der Waals surface area contributed by atoms with Crippen LogP contribution in [0.4, 0.5) is 5.69 Å². The summed E-state index contributed by atoms with van der Waals surface area (Å²) in [6.45, 7) is 5.66. The van der Waals surface area contributed by atoms with Gasteiger partial charge in [0, 0.05) is 26.7 Å². The highest BCUT2D eigenvalue weighted by Gasteiger charge is 2.11. The molecule has 5 heteroatoms. The Morgan fingerprint density at radius 2 is 1.95 bits per heavy atom. The Labute approximate surface area is 120 Å². The first-order chi connectivity index (χ1) is 9.32. The lowest BCUT2D eigenvalue weighted by atomic mass is 10.2. The summed E-state index contributed by atoms with van der Waals surface area (Å²) in [5.41, 5.74) is 1.04. The molecule has 112 valence electrons. The molecular weight excluding hydrogens is 256 g/mol. The normalized spacial score (nSPS) is 10.9. The molecule has 0 amide bonds. The van der Waals surface area contributed by atoms with Crippen molar-refractivity contribution in [2.24, 2.45) is 0 Å². The monoisotopic (exact) mass is 280 g/mol. The number of likely N-dealkylation sites (N-methyl/N-ethyl adjacent to an activating group) is 1. The lowest BCUT2D eigenvalue weighted by Crippen LogP contribution is -2.30. The molecule has 1 N–H and O–H groups in total. The van der Waals surface area contributed by atoms with Crippen LogP contribution in [0.1, 0.15) is 24.2 Å². The lowest BCUT2D eigenvalue weighted by molar-refractivity contribution is 0.0697. The predicted octanol–water partition coefficient (Wildman–Crippen LogP) is 2.17. The highest BCUT2D eigenvalue weighted by Crippen LogP contribution is 2.28. The molecule has 20 heavy (non-hydrogen) atoms. The standard InChI is InChI=1S/C15H24N2O3/c1-11(2)17(5)8-9-20-14-7-6-12(15(18)19)10-13(14)16(3)4/h6-7,10-11H,8-9H2,1-5H3,(H,18,19). The summed E-state index contributed by atoms with van der Waals surface area (Å²) >= 11 is 0. The molecule has 0 unspecified atom stereocenters. The molecule has 0 aromatic heterocycles. The average Bonchev–Trinajstić information content (AvgIpc) is 2.38. The molecule has 0 atom stereocenters. The first kappa shape index (κ1) is 16.3. The maximum atomic E-state index is 11.0. The Balaban J connectivity index is 2.77. The van der Waals surface area contributed by atoms with E-state index in [2.05, 4.69) is 25.8 Å². The van der Waals surface area contributed by atoms with Crippen molar-refractivity contribution in [2.75, 3.05) is 39.2 Å². The largest absolute Gasteiger partial charge is 0.490 e. The minimum Gasteiger partial charge on any atom is -0.490 e. The third kappa shape index (κ3) is 4.42. The summed E-state index contributed by atoms with van der Waals surface area (Å²) in [5.74, 6) is -0.226. The topological polar surface area (TPSA) is 53.0 Å². The number of nitrogens with zero attached hydrogens (tertiary/aromatic N) is 2. The van der Waals surface area contributed by atoms with E-state index in [1.54, 1.807) is 18.2 Å². The van der Waals surface area contributed by atoms with Crippen molar-refractivity contribution in [3.63, 3.8) is 0 Å². The molecule has 0 fully saturated rings. The Hall–Kier alpha value is -1.75. The molecule has 1 aromatic carbocycles. The number of aromatic carboxylic acids is 1. The summed E-state index contributed by atoms with van der Waals surface area (Å²) in [4.78, 5) is 15.0. The van der Waals surface area contributed by atoms with Crippen LogP contribution in [-0.4, -0.2) is 56.3 Å². The molecule has 1 rings (SSSR count). The molecule has 0 aliphatic carbocycles. The third-order valence-corrected chi connectivity index (χ3v) is 3.27. The number of carboxylic acids is 1. The number of carbonyl (C=O) groups is 1. The summed E-state index contributed by atoms with van der Waals surface area (Å²) in [5, 5.41) is 9.03. The van der Waals surface area contributed by atoms with Gasteiger partial charge in [-0.1, -0.05) is 0 Å². The summed E-state index contributed by atoms with van der Waals surface area (Å²) < 4.78 is 5.78. The van der Waals surface area contributed by atoms with Gasteiger partial charge in [0.25, 0.3) is 0 Å². The maximum absolute atomic E-state index is 11.0. The van der Waals surface area contributed by atoms with Crippen LogP contribution >= 0.6 is 0 Å². The van der Waals surface area contributed by atoms with Crippen molar-refractivity contribution in [1.82, 2.24) is 4.90 Å². The average molecular weight is 280 g/mol. The van der Waals surface area contributed by atoms with Gasteiger partial charge in [-0.2, -0.15) is 0 Å². The van der Waals surface area contributed by atoms with Crippen LogP contribution in [0.15, 0.2) is 18.2 Å². The molecule has 1 aromatic rings. The van der Waals surface area contributed by atoms with Gasteiger partial charge >= 0.3 is 5.97 Å². The number of hydrogen-bond acceptors (Lipinski definition) is 4. The number of ether oxygens (including phenoxy) is 1. The zero-order valence-corrected chi connectivity index (χ0v) is 12.9. The van der Waals surface area contributed by atoms with Crippen molar-refractivity contribution in [1.29, 1.82) is 0 Å². The second-order valence-electron chi connectivity index (χ2n) is 5.30. The molecule has 0 saturated heterocycles. The number of rotatable bonds is 7. The Kier molecular flexibility index (Phi) is 5.82. The maximum Gasteiger partial charge on any atom is 0.335 e. The van der Waals surface area contributed by atoms with Gasteiger partial charge < -0.3 is 19.6 Å². The van der Waals surface area contributed by atoms with Gasteiger partial charge in [0.1, 0.15) is 12.4 Å². The molecule has 0 bridgehead atoms. The van der Waals surface area contributed by atoms with E-state index in [1.165, 1.54) is 0 Å². The first-order valence-corrected chi connectivity index (χ1v) is 6.70. The van der Waals surface area contributed by atoms with Crippen LogP contribution in [0, 0.1) is 0 Å². The van der Waals surface area contributed by atoms with Crippen molar-refractivity contribution < 1.29 is 14.6 Å². The van der Waals surface area contributed by atoms with E-state index < -0.39 is 5.97 Å². The first-order valence-electron chi connectivity index (χ1n) is 6.70. The smallest absolute Gasteiger partial charge is 0.335 e. The number of carboxylic acid groups (broad SMARTS) is 1. The highest BCUT2D eigenvalue weighted by atomic mass is 16.5. The Morgan fingerprint density at radius 1 is 1.30 bits per heavy atom. The molecule has 0 aliphatic heterocycles. The van der Waals surface area contributed by atoms with Crippen LogP contribution in [0.5, 0.6) is 5.75 Å². The van der Waals surface area contributed by atoms with E-state index >= 15 is 0 Å². The minimum absolute atomic E-state index is 0.264. The van der Waals surface area contributed by atoms with Gasteiger partial charge in [0.2, 0.25) is 0 Å². The number of anilines is 1. The summed E-state index contributed by atoms with van der Waals surface area (Å²) in [6.07, 6.45) is 0. The van der Waals surface area contributed by atoms with E-state index in [9.17, 15) is 4.79 Å². The van der Waals surface area contributed by atoms with Crippen LogP contribution in [0.25, 0.3) is 0 Å². The third-order valence-electron chi connectivity index (χ3n) is 3.27. The van der Waals surface area contributed by atoms with E-state index in [0.717, 1.165) is 12.2 Å². The molecule has 0 spiro atoms. The Morgan fingerprint density at radius 3 is 2.45 bits per heavy atom. The Bertz CT molecular complexity index is 458. The van der Waals surface area contributed by atoms with Crippen molar-refractivity contribution >= 4 is 11.7 Å². The zero-order valence-electron chi connectivity index (χ0n) is 12.9. The quantitative estimate of drug-likeness (QED) is 0.829. The van der Waals surface area contributed by atoms with E-state index in [4.69, 9.17) is 9.84 Å². The van der Waals surface area contributed by atoms with Crippen LogP contribution in [-0.2, 0) is 0 Å². The predicted molar refractivity (Wildman–Crippen MR) is 81.0 cm³/mol. The van der Waals surface area contributed by atoms with Gasteiger partial charge in [-0.15, -0.1) is 0 Å². The van der Waals surface area contributed by atoms with Gasteiger partial charge in [0.05, 0.1) is 11.3 Å². The molecule has 0 saturated carbocycles. The van der Waals surface area contributed by atoms with E-state index in [-0.39, 0.29) is 5.56 Å². The fourth-order valence-corrected chi connectivity index (χ4v) is 1.68. The second kappa shape index (κ2) is 7.14. The van der Waals surface area contributed by atoms with Gasteiger partial charge in [-0.3, -0.25) is 0 Å². The number of benzene rings is 1. The van der Waals surface area contributed by atoms with Crippen LogP contribution in [0.3, 0.4) is 0 Å². The van der Waals surface area contributed by atoms with Crippen LogP contribution < -0.4 is 9.64 Å². The van der Waals surface area contributed by atoms with Crippen molar-refractivity contribution in [2.45, 2.75) is 19.9 Å². The van der Waals surface area contributed by atoms with Crippen molar-refractivity contribution in [3.05, 3.63) is 23.8 Å². The van der Waals surface area contributed by atoms with E-state index in [0.29, 0.717) is 18.4 Å². The molecule has 5 nitrogen and oxygen atoms in total. The van der Waals surface area contributed by atoms with E-state index in [1.807, 2.05) is 19.0 Å². The molecule has 0 radical (unpaired) electrons.